The van der Waals surface area contributed by atoms with E-state index in [0.29, 0.717) is 11.1 Å². The van der Waals surface area contributed by atoms with Crippen molar-refractivity contribution in [3.8, 4) is 0 Å². The number of ether oxygens (including phenoxy) is 3. The first kappa shape index (κ1) is 11.6. The predicted molar refractivity (Wildman–Crippen MR) is 58.0 cm³/mol. The molecule has 17 heavy (non-hydrogen) atoms. The number of rotatable bonds is 2. The molecule has 0 aliphatic carbocycles. The smallest absolute Gasteiger partial charge is 0.337 e. The van der Waals surface area contributed by atoms with Crippen molar-refractivity contribution in [2.45, 2.75) is 12.2 Å². The molecule has 2 rings (SSSR count). The largest absolute Gasteiger partial charge is 0.466 e. The van der Waals surface area contributed by atoms with Crippen molar-refractivity contribution >= 4 is 11.9 Å². The first-order chi connectivity index (χ1) is 8.02. The number of hydrogen-bond donors (Lipinski definition) is 0. The lowest BCUT2D eigenvalue weighted by atomic mass is 9.85. The van der Waals surface area contributed by atoms with Crippen LogP contribution in [-0.2, 0) is 23.8 Å². The van der Waals surface area contributed by atoms with Gasteiger partial charge >= 0.3 is 11.9 Å². The number of fused-ring (bicyclic) bond motifs is 2. The fraction of sp³-hybridized carbons (Fsp3) is 0.333. The summed E-state index contributed by atoms with van der Waals surface area (Å²) in [6, 6.07) is 0. The summed E-state index contributed by atoms with van der Waals surface area (Å²) >= 11 is 0. The van der Waals surface area contributed by atoms with E-state index in [9.17, 15) is 9.59 Å². The van der Waals surface area contributed by atoms with Crippen LogP contribution in [0.25, 0.3) is 0 Å². The zero-order chi connectivity index (χ0) is 12.7. The van der Waals surface area contributed by atoms with Gasteiger partial charge in [-0.1, -0.05) is 13.2 Å². The highest BCUT2D eigenvalue weighted by atomic mass is 16.5. The molecule has 5 heteroatoms. The Bertz CT molecular complexity index is 429. The summed E-state index contributed by atoms with van der Waals surface area (Å²) in [4.78, 5) is 23.3. The minimum absolute atomic E-state index is 0.168. The lowest BCUT2D eigenvalue weighted by Crippen LogP contribution is -2.25. The summed E-state index contributed by atoms with van der Waals surface area (Å²) in [6.07, 6.45) is -1.29. The Balaban J connectivity index is 2.54. The molecule has 0 unspecified atom stereocenters. The summed E-state index contributed by atoms with van der Waals surface area (Å²) in [6.45, 7) is 7.57. The summed E-state index contributed by atoms with van der Waals surface area (Å²) in [5.41, 5.74) is 1.54. The van der Waals surface area contributed by atoms with Gasteiger partial charge in [-0.05, 0) is 11.1 Å². The maximum atomic E-state index is 11.6. The molecule has 0 aromatic heterocycles. The summed E-state index contributed by atoms with van der Waals surface area (Å²) in [5.74, 6) is -1.21. The highest BCUT2D eigenvalue weighted by Gasteiger charge is 2.51. The Morgan fingerprint density at radius 2 is 1.35 bits per heavy atom. The maximum Gasteiger partial charge on any atom is 0.337 e. The molecule has 0 saturated carbocycles. The fourth-order valence-electron chi connectivity index (χ4n) is 2.06. The molecule has 2 aliphatic rings. The van der Waals surface area contributed by atoms with Gasteiger partial charge in [-0.25, -0.2) is 9.59 Å². The second kappa shape index (κ2) is 3.85. The second-order valence-corrected chi connectivity index (χ2v) is 3.76. The molecule has 2 bridgehead atoms. The van der Waals surface area contributed by atoms with Gasteiger partial charge in [0.05, 0.1) is 25.4 Å². The molecule has 0 amide bonds. The van der Waals surface area contributed by atoms with Crippen LogP contribution >= 0.6 is 0 Å². The average Bonchev–Trinajstić information content (AvgIpc) is 2.85. The van der Waals surface area contributed by atoms with E-state index in [0.717, 1.165) is 0 Å². The zero-order valence-corrected chi connectivity index (χ0v) is 9.61. The van der Waals surface area contributed by atoms with Gasteiger partial charge in [-0.15, -0.1) is 0 Å². The Morgan fingerprint density at radius 1 is 1.00 bits per heavy atom. The molecule has 1 fully saturated rings. The van der Waals surface area contributed by atoms with E-state index in [-0.39, 0.29) is 11.1 Å². The van der Waals surface area contributed by atoms with Crippen LogP contribution < -0.4 is 0 Å². The van der Waals surface area contributed by atoms with Gasteiger partial charge in [0.25, 0.3) is 0 Å². The highest BCUT2D eigenvalue weighted by Crippen LogP contribution is 2.45. The van der Waals surface area contributed by atoms with Crippen molar-refractivity contribution in [1.29, 1.82) is 0 Å². The number of esters is 2. The summed E-state index contributed by atoms with van der Waals surface area (Å²) in [7, 11) is 2.49. The van der Waals surface area contributed by atoms with Crippen LogP contribution in [0, 0.1) is 0 Å². The Morgan fingerprint density at radius 3 is 1.65 bits per heavy atom. The predicted octanol–water partition coefficient (Wildman–Crippen LogP) is 0.522. The van der Waals surface area contributed by atoms with Crippen molar-refractivity contribution in [2.24, 2.45) is 0 Å². The standard InChI is InChI=1S/C12H12O5/c1-5-6(2)10-8(12(14)16-4)7(9(5)17-10)11(13)15-3/h9-10H,1-2H2,3-4H3/t9-,10+. The van der Waals surface area contributed by atoms with E-state index in [1.54, 1.807) is 0 Å². The summed E-state index contributed by atoms with van der Waals surface area (Å²) in [5, 5.41) is 0. The quantitative estimate of drug-likeness (QED) is 0.654. The lowest BCUT2D eigenvalue weighted by Gasteiger charge is -2.16. The molecule has 2 atom stereocenters. The molecule has 2 heterocycles. The molecule has 2 aliphatic heterocycles. The summed E-state index contributed by atoms with van der Waals surface area (Å²) < 4.78 is 14.8. The van der Waals surface area contributed by atoms with Gasteiger partial charge in [0.1, 0.15) is 12.2 Å². The molecule has 0 spiro atoms. The van der Waals surface area contributed by atoms with Gasteiger partial charge in [-0.2, -0.15) is 0 Å². The van der Waals surface area contributed by atoms with Crippen molar-refractivity contribution in [3.63, 3.8) is 0 Å². The topological polar surface area (TPSA) is 61.8 Å². The zero-order valence-electron chi connectivity index (χ0n) is 9.61. The van der Waals surface area contributed by atoms with Crippen LogP contribution in [0.3, 0.4) is 0 Å². The third-order valence-corrected chi connectivity index (χ3v) is 2.94. The number of hydrogen-bond acceptors (Lipinski definition) is 5. The van der Waals surface area contributed by atoms with Gasteiger partial charge < -0.3 is 14.2 Å². The van der Waals surface area contributed by atoms with Crippen molar-refractivity contribution in [3.05, 3.63) is 35.5 Å². The van der Waals surface area contributed by atoms with Gasteiger partial charge in [-0.3, -0.25) is 0 Å². The van der Waals surface area contributed by atoms with E-state index in [4.69, 9.17) is 4.74 Å². The normalized spacial score (nSPS) is 26.5. The molecule has 1 saturated heterocycles. The SMILES string of the molecule is C=C1C(=C)[C@@H]2O[C@H]1C(C(=O)OC)=C2C(=O)OC. The first-order valence-corrected chi connectivity index (χ1v) is 4.97. The first-order valence-electron chi connectivity index (χ1n) is 4.97. The molecular weight excluding hydrogens is 224 g/mol. The molecule has 5 nitrogen and oxygen atoms in total. The maximum absolute atomic E-state index is 11.6. The minimum atomic E-state index is -0.644. The molecule has 0 aromatic carbocycles. The van der Waals surface area contributed by atoms with E-state index < -0.39 is 24.1 Å². The molecule has 0 aromatic rings. The molecule has 90 valence electrons. The molecular formula is C12H12O5. The van der Waals surface area contributed by atoms with E-state index in [1.807, 2.05) is 0 Å². The second-order valence-electron chi connectivity index (χ2n) is 3.76. The van der Waals surface area contributed by atoms with Crippen molar-refractivity contribution in [2.75, 3.05) is 14.2 Å². The third kappa shape index (κ3) is 1.43. The van der Waals surface area contributed by atoms with E-state index >= 15 is 0 Å². The van der Waals surface area contributed by atoms with Gasteiger partial charge in [0.2, 0.25) is 0 Å². The van der Waals surface area contributed by atoms with E-state index in [1.165, 1.54) is 14.2 Å². The van der Waals surface area contributed by atoms with Crippen LogP contribution in [0.4, 0.5) is 0 Å². The number of methoxy groups -OCH3 is 2. The monoisotopic (exact) mass is 236 g/mol. The van der Waals surface area contributed by atoms with Crippen LogP contribution in [-0.4, -0.2) is 38.4 Å². The minimum Gasteiger partial charge on any atom is -0.466 e. The Hall–Kier alpha value is -1.88. The van der Waals surface area contributed by atoms with Crippen LogP contribution in [0.1, 0.15) is 0 Å². The Labute approximate surface area is 98.3 Å². The van der Waals surface area contributed by atoms with Crippen molar-refractivity contribution in [1.82, 2.24) is 0 Å². The Kier molecular flexibility index (Phi) is 2.63. The molecule has 0 N–H and O–H groups in total. The van der Waals surface area contributed by atoms with Crippen LogP contribution in [0.2, 0.25) is 0 Å². The fourth-order valence-corrected chi connectivity index (χ4v) is 2.06. The third-order valence-electron chi connectivity index (χ3n) is 2.94. The lowest BCUT2D eigenvalue weighted by molar-refractivity contribution is -0.139. The van der Waals surface area contributed by atoms with Crippen molar-refractivity contribution < 1.29 is 23.8 Å². The molecule has 0 radical (unpaired) electrons. The number of carbonyl (C=O) groups excluding carboxylic acids is 2. The van der Waals surface area contributed by atoms with Gasteiger partial charge in [0, 0.05) is 0 Å². The average molecular weight is 236 g/mol. The highest BCUT2D eigenvalue weighted by molar-refractivity contribution is 6.05. The number of carbonyl (C=O) groups is 2. The van der Waals surface area contributed by atoms with E-state index in [2.05, 4.69) is 22.6 Å². The van der Waals surface area contributed by atoms with Crippen LogP contribution in [0.15, 0.2) is 35.5 Å². The van der Waals surface area contributed by atoms with Gasteiger partial charge in [0.15, 0.2) is 0 Å². The van der Waals surface area contributed by atoms with Crippen LogP contribution in [0.5, 0.6) is 0 Å².